The predicted molar refractivity (Wildman–Crippen MR) is 78.8 cm³/mol. The van der Waals surface area contributed by atoms with Crippen LogP contribution in [0.4, 0.5) is 0 Å². The van der Waals surface area contributed by atoms with Gasteiger partial charge >= 0.3 is 0 Å². The van der Waals surface area contributed by atoms with Gasteiger partial charge in [0.2, 0.25) is 0 Å². The summed E-state index contributed by atoms with van der Waals surface area (Å²) in [5, 5.41) is 0. The molecule has 3 rings (SSSR count). The summed E-state index contributed by atoms with van der Waals surface area (Å²) in [7, 11) is 0. The summed E-state index contributed by atoms with van der Waals surface area (Å²) in [6.07, 6.45) is 6.43. The highest BCUT2D eigenvalue weighted by Gasteiger charge is 2.43. The van der Waals surface area contributed by atoms with Crippen molar-refractivity contribution in [2.24, 2.45) is 5.92 Å². The number of hydrogen-bond acceptors (Lipinski definition) is 4. The average Bonchev–Trinajstić information content (AvgIpc) is 3.30. The van der Waals surface area contributed by atoms with Gasteiger partial charge in [0.1, 0.15) is 12.0 Å². The number of benzene rings is 1. The first-order chi connectivity index (χ1) is 10.3. The molecule has 4 nitrogen and oxygen atoms in total. The van der Waals surface area contributed by atoms with E-state index in [1.165, 1.54) is 19.3 Å². The molecule has 0 N–H and O–H groups in total. The Hall–Kier alpha value is -1.39. The molecule has 1 heterocycles. The molecule has 1 aliphatic heterocycles. The molecule has 0 aromatic heterocycles. The number of carbonyl (C=O) groups is 1. The van der Waals surface area contributed by atoms with E-state index in [0.29, 0.717) is 30.3 Å². The predicted octanol–water partition coefficient (Wildman–Crippen LogP) is 2.85. The van der Waals surface area contributed by atoms with Gasteiger partial charge in [-0.05, 0) is 49.4 Å². The van der Waals surface area contributed by atoms with Crippen molar-refractivity contribution < 1.29 is 19.0 Å². The standard InChI is InChI=1S/C17H22O4/c18-11-13-2-5-15(6-3-13)20-9-1-8-19-12-14-4-7-16-17(10-14)21-16/h2-3,5-6,11,14,16-17H,1,4,7-10,12H2. The number of ether oxygens (including phenoxy) is 3. The van der Waals surface area contributed by atoms with Gasteiger partial charge in [0, 0.05) is 25.2 Å². The summed E-state index contributed by atoms with van der Waals surface area (Å²) in [6, 6.07) is 7.15. The van der Waals surface area contributed by atoms with Crippen LogP contribution in [0.3, 0.4) is 0 Å². The summed E-state index contributed by atoms with van der Waals surface area (Å²) in [4.78, 5) is 10.5. The molecular weight excluding hydrogens is 268 g/mol. The van der Waals surface area contributed by atoms with Gasteiger partial charge in [-0.15, -0.1) is 0 Å². The molecule has 1 saturated heterocycles. The minimum Gasteiger partial charge on any atom is -0.494 e. The molecule has 3 atom stereocenters. The summed E-state index contributed by atoms with van der Waals surface area (Å²) < 4.78 is 16.9. The minimum atomic E-state index is 0.532. The van der Waals surface area contributed by atoms with E-state index in [-0.39, 0.29) is 0 Å². The molecular formula is C17H22O4. The van der Waals surface area contributed by atoms with E-state index in [9.17, 15) is 4.79 Å². The smallest absolute Gasteiger partial charge is 0.150 e. The summed E-state index contributed by atoms with van der Waals surface area (Å²) in [5.74, 6) is 1.47. The topological polar surface area (TPSA) is 48.1 Å². The molecule has 4 heteroatoms. The van der Waals surface area contributed by atoms with Crippen LogP contribution in [0.1, 0.15) is 36.0 Å². The van der Waals surface area contributed by atoms with Gasteiger partial charge in [0.05, 0.1) is 18.8 Å². The fourth-order valence-corrected chi connectivity index (χ4v) is 2.88. The first-order valence-electron chi connectivity index (χ1n) is 7.76. The Labute approximate surface area is 125 Å². The first-order valence-corrected chi connectivity index (χ1v) is 7.76. The van der Waals surface area contributed by atoms with E-state index in [0.717, 1.165) is 31.7 Å². The molecule has 2 aliphatic rings. The number of epoxide rings is 1. The van der Waals surface area contributed by atoms with E-state index in [1.54, 1.807) is 12.1 Å². The van der Waals surface area contributed by atoms with Crippen molar-refractivity contribution in [1.29, 1.82) is 0 Å². The first kappa shape index (κ1) is 14.5. The fourth-order valence-electron chi connectivity index (χ4n) is 2.88. The van der Waals surface area contributed by atoms with Gasteiger partial charge in [0.25, 0.3) is 0 Å². The highest BCUT2D eigenvalue weighted by atomic mass is 16.6. The van der Waals surface area contributed by atoms with Gasteiger partial charge in [-0.1, -0.05) is 0 Å². The number of hydrogen-bond donors (Lipinski definition) is 0. The zero-order valence-corrected chi connectivity index (χ0v) is 12.2. The lowest BCUT2D eigenvalue weighted by molar-refractivity contribution is 0.0791. The van der Waals surface area contributed by atoms with Crippen molar-refractivity contribution >= 4 is 6.29 Å². The van der Waals surface area contributed by atoms with Gasteiger partial charge in [-0.25, -0.2) is 0 Å². The van der Waals surface area contributed by atoms with Crippen LogP contribution in [0.15, 0.2) is 24.3 Å². The SMILES string of the molecule is O=Cc1ccc(OCCCOCC2CCC3OC3C2)cc1. The second-order valence-electron chi connectivity index (χ2n) is 5.86. The Bertz CT molecular complexity index is 456. The third-order valence-corrected chi connectivity index (χ3v) is 4.18. The molecule has 0 radical (unpaired) electrons. The average molecular weight is 290 g/mol. The van der Waals surface area contributed by atoms with Gasteiger partial charge in [-0.2, -0.15) is 0 Å². The zero-order valence-electron chi connectivity index (χ0n) is 12.2. The summed E-state index contributed by atoms with van der Waals surface area (Å²) >= 11 is 0. The highest BCUT2D eigenvalue weighted by molar-refractivity contribution is 5.74. The third kappa shape index (κ3) is 4.29. The fraction of sp³-hybridized carbons (Fsp3) is 0.588. The lowest BCUT2D eigenvalue weighted by atomic mass is 9.90. The van der Waals surface area contributed by atoms with Crippen LogP contribution >= 0.6 is 0 Å². The van der Waals surface area contributed by atoms with Crippen molar-refractivity contribution in [3.63, 3.8) is 0 Å². The minimum absolute atomic E-state index is 0.532. The molecule has 2 fully saturated rings. The van der Waals surface area contributed by atoms with Crippen LogP contribution in [0, 0.1) is 5.92 Å². The molecule has 0 amide bonds. The van der Waals surface area contributed by atoms with Crippen LogP contribution < -0.4 is 4.74 Å². The zero-order chi connectivity index (χ0) is 14.5. The molecule has 1 saturated carbocycles. The number of carbonyl (C=O) groups excluding carboxylic acids is 1. The number of fused-ring (bicyclic) bond motifs is 1. The number of rotatable bonds is 8. The van der Waals surface area contributed by atoms with Crippen LogP contribution in [-0.4, -0.2) is 38.3 Å². The van der Waals surface area contributed by atoms with Crippen LogP contribution in [-0.2, 0) is 9.47 Å². The monoisotopic (exact) mass is 290 g/mol. The van der Waals surface area contributed by atoms with Crippen LogP contribution in [0.2, 0.25) is 0 Å². The van der Waals surface area contributed by atoms with E-state index >= 15 is 0 Å². The van der Waals surface area contributed by atoms with Crippen molar-refractivity contribution in [2.45, 2.75) is 37.9 Å². The quantitative estimate of drug-likeness (QED) is 0.419. The third-order valence-electron chi connectivity index (χ3n) is 4.18. The molecule has 1 aromatic carbocycles. The Kier molecular flexibility index (Phi) is 4.88. The van der Waals surface area contributed by atoms with Crippen molar-refractivity contribution in [1.82, 2.24) is 0 Å². The lowest BCUT2D eigenvalue weighted by Crippen LogP contribution is -2.19. The molecule has 1 aliphatic carbocycles. The van der Waals surface area contributed by atoms with Crippen molar-refractivity contribution in [3.8, 4) is 5.75 Å². The van der Waals surface area contributed by atoms with Gasteiger partial charge in [0.15, 0.2) is 0 Å². The van der Waals surface area contributed by atoms with E-state index in [1.807, 2.05) is 12.1 Å². The summed E-state index contributed by atoms with van der Waals surface area (Å²) in [6.45, 7) is 2.22. The lowest BCUT2D eigenvalue weighted by Gasteiger charge is -2.18. The van der Waals surface area contributed by atoms with E-state index in [4.69, 9.17) is 14.2 Å². The van der Waals surface area contributed by atoms with Crippen LogP contribution in [0.25, 0.3) is 0 Å². The van der Waals surface area contributed by atoms with Crippen molar-refractivity contribution in [2.75, 3.05) is 19.8 Å². The highest BCUT2D eigenvalue weighted by Crippen LogP contribution is 2.39. The second kappa shape index (κ2) is 7.05. The maximum absolute atomic E-state index is 10.5. The van der Waals surface area contributed by atoms with E-state index in [2.05, 4.69) is 0 Å². The maximum Gasteiger partial charge on any atom is 0.150 e. The molecule has 114 valence electrons. The summed E-state index contributed by atoms with van der Waals surface area (Å²) in [5.41, 5.74) is 0.667. The largest absolute Gasteiger partial charge is 0.494 e. The second-order valence-corrected chi connectivity index (χ2v) is 5.86. The number of aldehydes is 1. The maximum atomic E-state index is 10.5. The Morgan fingerprint density at radius 3 is 2.76 bits per heavy atom. The van der Waals surface area contributed by atoms with Crippen LogP contribution in [0.5, 0.6) is 5.75 Å². The normalized spacial score (nSPS) is 27.0. The molecule has 0 bridgehead atoms. The molecule has 0 spiro atoms. The van der Waals surface area contributed by atoms with Crippen molar-refractivity contribution in [3.05, 3.63) is 29.8 Å². The molecule has 1 aromatic rings. The van der Waals surface area contributed by atoms with Gasteiger partial charge in [-0.3, -0.25) is 4.79 Å². The van der Waals surface area contributed by atoms with E-state index < -0.39 is 0 Å². The Morgan fingerprint density at radius 2 is 2.00 bits per heavy atom. The van der Waals surface area contributed by atoms with Gasteiger partial charge < -0.3 is 14.2 Å². The Balaban J connectivity index is 1.23. The molecule has 3 unspecified atom stereocenters. The Morgan fingerprint density at radius 1 is 1.14 bits per heavy atom. The molecule has 21 heavy (non-hydrogen) atoms.